The van der Waals surface area contributed by atoms with Crippen LogP contribution in [0.15, 0.2) is 34.1 Å². The number of aromatic amines is 2. The van der Waals surface area contributed by atoms with E-state index in [2.05, 4.69) is 9.97 Å². The predicted molar refractivity (Wildman–Crippen MR) is 125 cm³/mol. The number of ether oxygens (including phenoxy) is 1. The number of H-pyrrole nitrogens is 2. The summed E-state index contributed by atoms with van der Waals surface area (Å²) in [6, 6.07) is 4.17. The van der Waals surface area contributed by atoms with E-state index in [-0.39, 0.29) is 53.6 Å². The van der Waals surface area contributed by atoms with Crippen LogP contribution in [-0.4, -0.2) is 53.9 Å². The molecule has 1 atom stereocenters. The largest absolute Gasteiger partial charge is 0.462 e. The smallest absolute Gasteiger partial charge is 0.340 e. The summed E-state index contributed by atoms with van der Waals surface area (Å²) in [7, 11) is -3.80. The first-order valence-electron chi connectivity index (χ1n) is 10.4. The lowest BCUT2D eigenvalue weighted by molar-refractivity contribution is 0.0507. The van der Waals surface area contributed by atoms with Crippen LogP contribution < -0.4 is 11.3 Å². The molecule has 11 heteroatoms. The summed E-state index contributed by atoms with van der Waals surface area (Å²) in [6.45, 7) is 4.13. The van der Waals surface area contributed by atoms with Crippen LogP contribution in [0.2, 0.25) is 0 Å². The van der Waals surface area contributed by atoms with Crippen LogP contribution in [0, 0.1) is 0 Å². The molecule has 0 unspecified atom stereocenters. The van der Waals surface area contributed by atoms with Crippen LogP contribution in [0.3, 0.4) is 0 Å². The van der Waals surface area contributed by atoms with Crippen LogP contribution in [0.25, 0.3) is 21.8 Å². The van der Waals surface area contributed by atoms with Gasteiger partial charge in [-0.15, -0.1) is 12.4 Å². The molecular weight excluding hydrogens is 456 g/mol. The Hall–Kier alpha value is -2.40. The summed E-state index contributed by atoms with van der Waals surface area (Å²) in [5.41, 5.74) is 6.32. The Labute approximate surface area is 191 Å². The molecular formula is C21H27ClN4O5S. The van der Waals surface area contributed by atoms with Crippen molar-refractivity contribution < 1.29 is 17.9 Å². The number of hydrogen-bond donors (Lipinski definition) is 3. The summed E-state index contributed by atoms with van der Waals surface area (Å²) in [5.74, 6) is -0.565. The van der Waals surface area contributed by atoms with Gasteiger partial charge in [0.2, 0.25) is 10.0 Å². The van der Waals surface area contributed by atoms with E-state index in [1.165, 1.54) is 22.6 Å². The van der Waals surface area contributed by atoms with Crippen molar-refractivity contribution in [1.82, 2.24) is 14.3 Å². The van der Waals surface area contributed by atoms with Crippen LogP contribution in [0.4, 0.5) is 0 Å². The minimum atomic E-state index is -3.80. The zero-order chi connectivity index (χ0) is 22.3. The minimum Gasteiger partial charge on any atom is -0.462 e. The van der Waals surface area contributed by atoms with Gasteiger partial charge < -0.3 is 20.4 Å². The Balaban J connectivity index is 0.00000289. The molecule has 2 heterocycles. The Kier molecular flexibility index (Phi) is 6.99. The number of carbonyl (C=O) groups is 1. The van der Waals surface area contributed by atoms with Crippen LogP contribution in [-0.2, 0) is 14.8 Å². The molecule has 174 valence electrons. The number of benzene rings is 1. The minimum absolute atomic E-state index is 0. The third-order valence-corrected chi connectivity index (χ3v) is 7.22. The van der Waals surface area contributed by atoms with Gasteiger partial charge >= 0.3 is 5.97 Å². The van der Waals surface area contributed by atoms with E-state index in [1.54, 1.807) is 13.0 Å². The lowest BCUT2D eigenvalue weighted by Gasteiger charge is -2.23. The first-order valence-corrected chi connectivity index (χ1v) is 11.8. The molecule has 1 saturated carbocycles. The zero-order valence-corrected chi connectivity index (χ0v) is 19.5. The molecule has 2 aromatic heterocycles. The van der Waals surface area contributed by atoms with Crippen molar-refractivity contribution in [2.45, 2.75) is 50.1 Å². The molecule has 0 bridgehead atoms. The van der Waals surface area contributed by atoms with Crippen molar-refractivity contribution >= 4 is 50.2 Å². The summed E-state index contributed by atoms with van der Waals surface area (Å²) < 4.78 is 33.5. The lowest BCUT2D eigenvalue weighted by atomic mass is 10.1. The number of nitrogens with one attached hydrogen (secondary N) is 2. The number of aromatic nitrogens is 2. The number of nitrogens with two attached hydrogens (primary N) is 1. The Morgan fingerprint density at radius 1 is 1.34 bits per heavy atom. The molecule has 3 aromatic rings. The van der Waals surface area contributed by atoms with Gasteiger partial charge in [0.1, 0.15) is 5.52 Å². The Morgan fingerprint density at radius 3 is 2.69 bits per heavy atom. The van der Waals surface area contributed by atoms with Crippen LogP contribution >= 0.6 is 12.4 Å². The second-order valence-corrected chi connectivity index (χ2v) is 9.92. The van der Waals surface area contributed by atoms with Crippen LogP contribution in [0.1, 0.15) is 43.5 Å². The van der Waals surface area contributed by atoms with Gasteiger partial charge in [-0.05, 0) is 44.4 Å². The molecule has 4 rings (SSSR count). The van der Waals surface area contributed by atoms with E-state index >= 15 is 0 Å². The standard InChI is InChI=1S/C21H26N4O5S.ClH/c1-3-8-30-21(27)16-10-23-19-18(16)15-9-14(6-7-17(15)24-20(19)26)31(28,29)25(11-12(2)22)13-4-5-13;/h6-7,9-10,12-13,23H,3-5,8,11,22H2,1-2H3,(H,24,26);1H/t12-;/m0./s1. The topological polar surface area (TPSA) is 138 Å². The van der Waals surface area contributed by atoms with Gasteiger partial charge in [0.15, 0.2) is 0 Å². The van der Waals surface area contributed by atoms with Crippen molar-refractivity contribution in [3.63, 3.8) is 0 Å². The van der Waals surface area contributed by atoms with Gasteiger partial charge in [0.05, 0.1) is 17.1 Å². The van der Waals surface area contributed by atoms with Gasteiger partial charge in [-0.3, -0.25) is 4.79 Å². The maximum Gasteiger partial charge on any atom is 0.340 e. The normalized spacial score (nSPS) is 15.1. The highest BCUT2D eigenvalue weighted by Gasteiger charge is 2.38. The zero-order valence-electron chi connectivity index (χ0n) is 17.9. The molecule has 0 saturated heterocycles. The summed E-state index contributed by atoms with van der Waals surface area (Å²) in [6.07, 6.45) is 3.70. The van der Waals surface area contributed by atoms with E-state index in [0.717, 1.165) is 12.8 Å². The van der Waals surface area contributed by atoms with Gasteiger partial charge in [0.25, 0.3) is 5.56 Å². The number of halogens is 1. The highest BCUT2D eigenvalue weighted by Crippen LogP contribution is 2.34. The summed E-state index contributed by atoms with van der Waals surface area (Å²) in [4.78, 5) is 30.7. The molecule has 1 aliphatic carbocycles. The van der Waals surface area contributed by atoms with Gasteiger partial charge in [-0.25, -0.2) is 13.2 Å². The summed E-state index contributed by atoms with van der Waals surface area (Å²) >= 11 is 0. The predicted octanol–water partition coefficient (Wildman–Crippen LogP) is 2.50. The molecule has 0 aliphatic heterocycles. The fourth-order valence-corrected chi connectivity index (χ4v) is 5.54. The molecule has 1 aromatic carbocycles. The number of sulfonamides is 1. The molecule has 1 fully saturated rings. The Bertz CT molecular complexity index is 1310. The maximum absolute atomic E-state index is 13.4. The van der Waals surface area contributed by atoms with E-state index in [0.29, 0.717) is 22.7 Å². The molecule has 32 heavy (non-hydrogen) atoms. The van der Waals surface area contributed by atoms with Gasteiger partial charge in [-0.1, -0.05) is 6.92 Å². The summed E-state index contributed by atoms with van der Waals surface area (Å²) in [5, 5.41) is 0.805. The second kappa shape index (κ2) is 9.22. The third-order valence-electron chi connectivity index (χ3n) is 5.30. The van der Waals surface area contributed by atoms with Gasteiger partial charge in [0, 0.05) is 41.1 Å². The second-order valence-electron chi connectivity index (χ2n) is 8.03. The molecule has 9 nitrogen and oxygen atoms in total. The molecule has 0 spiro atoms. The van der Waals surface area contributed by atoms with E-state index in [1.807, 2.05) is 6.92 Å². The molecule has 0 amide bonds. The van der Waals surface area contributed by atoms with Crippen LogP contribution in [0.5, 0.6) is 0 Å². The third kappa shape index (κ3) is 4.40. The number of pyridine rings is 1. The average molecular weight is 483 g/mol. The first kappa shape index (κ1) is 24.2. The van der Waals surface area contributed by atoms with Crippen molar-refractivity contribution in [3.05, 3.63) is 40.3 Å². The number of fused-ring (bicyclic) bond motifs is 3. The van der Waals surface area contributed by atoms with Crippen molar-refractivity contribution in [1.29, 1.82) is 0 Å². The maximum atomic E-state index is 13.4. The number of nitrogens with zero attached hydrogens (tertiary/aromatic N) is 1. The molecule has 1 aliphatic rings. The molecule has 0 radical (unpaired) electrons. The number of rotatable bonds is 8. The van der Waals surface area contributed by atoms with Crippen molar-refractivity contribution in [2.24, 2.45) is 5.73 Å². The average Bonchev–Trinajstić information content (AvgIpc) is 3.46. The fourth-order valence-electron chi connectivity index (χ4n) is 3.73. The van der Waals surface area contributed by atoms with E-state index in [4.69, 9.17) is 10.5 Å². The number of esters is 1. The Morgan fingerprint density at radius 2 is 2.06 bits per heavy atom. The number of carbonyl (C=O) groups excluding carboxylic acids is 1. The van der Waals surface area contributed by atoms with E-state index < -0.39 is 21.6 Å². The van der Waals surface area contributed by atoms with Crippen molar-refractivity contribution in [2.75, 3.05) is 13.2 Å². The lowest BCUT2D eigenvalue weighted by Crippen LogP contribution is -2.41. The van der Waals surface area contributed by atoms with Gasteiger partial charge in [-0.2, -0.15) is 4.31 Å². The monoisotopic (exact) mass is 482 g/mol. The molecule has 4 N–H and O–H groups in total. The van der Waals surface area contributed by atoms with Crippen molar-refractivity contribution in [3.8, 4) is 0 Å². The fraction of sp³-hybridized carbons (Fsp3) is 0.429. The SMILES string of the molecule is CCCOC(=O)c1c[nH]c2c(=O)[nH]c3ccc(S(=O)(=O)N(C[C@H](C)N)C4CC4)cc3c12.Cl. The first-order chi connectivity index (χ1) is 14.7. The highest BCUT2D eigenvalue weighted by atomic mass is 35.5. The van der Waals surface area contributed by atoms with E-state index in [9.17, 15) is 18.0 Å². The highest BCUT2D eigenvalue weighted by molar-refractivity contribution is 7.89. The quantitative estimate of drug-likeness (QED) is 0.421. The number of hydrogen-bond acceptors (Lipinski definition) is 6.